The van der Waals surface area contributed by atoms with Gasteiger partial charge in [0.2, 0.25) is 20.0 Å². The summed E-state index contributed by atoms with van der Waals surface area (Å²) in [5, 5.41) is 27.8. The molecule has 3 unspecified atom stereocenters. The third kappa shape index (κ3) is 22.1. The number of carboxylic acid groups (broad SMARTS) is 1. The molecule has 25 nitrogen and oxygen atoms in total. The summed E-state index contributed by atoms with van der Waals surface area (Å²) in [6, 6.07) is 26.1. The molecule has 0 aliphatic heterocycles. The van der Waals surface area contributed by atoms with E-state index in [1.54, 1.807) is 72.0 Å². The molecule has 0 radical (unpaired) electrons. The van der Waals surface area contributed by atoms with Gasteiger partial charge in [0, 0.05) is 81.5 Å². The lowest BCUT2D eigenvalue weighted by Crippen LogP contribution is -2.33. The van der Waals surface area contributed by atoms with Crippen molar-refractivity contribution in [2.45, 2.75) is 267 Å². The molecule has 6 atom stereocenters. The summed E-state index contributed by atoms with van der Waals surface area (Å²) >= 11 is 43.7. The standard InChI is InChI=1S/2C33H35Cl2N3O6S2.C30H30Cl2N2O5S/c2*1-17(2)43-26-14-20(33(39)38-46(40,41)22-10-11-22)15-27-31(26)36-28(45-27)13-18-6-9-21(12-18)42-16-23-30(37-44-32(23)19-7-8-19)29-24(34)4-3-5-25(29)35;1-15(2)38-23-12-18(30(35)36)13-24-28(23)33-25(40-24)11-16-6-9-19(10-16)37-14-20-27(34-39-29(20)17-7-8-17)26-21(31)4-3-5-22(26)32/h2*3-5,14-15,17-19,21-22H,6-13,16H2,1-2H3,(H,38,39);3-5,12-13,15-17,19H,6-11,14H2,1-2H3,(H,35,36)/t2*18-,21?;16-,19?/m111/s1. The number of amides is 2. The number of aromatic carboxylic acids is 1. The van der Waals surface area contributed by atoms with E-state index in [9.17, 15) is 36.3 Å². The zero-order chi connectivity index (χ0) is 92.3. The van der Waals surface area contributed by atoms with Crippen molar-refractivity contribution in [1.82, 2.24) is 39.9 Å². The summed E-state index contributed by atoms with van der Waals surface area (Å²) < 4.78 is 111. The molecule has 20 rings (SSSR count). The van der Waals surface area contributed by atoms with E-state index in [0.717, 1.165) is 184 Å². The van der Waals surface area contributed by atoms with Gasteiger partial charge < -0.3 is 47.1 Å². The lowest BCUT2D eigenvalue weighted by molar-refractivity contribution is 0.0422. The fraction of sp³-hybridized carbons (Fsp3) is 0.469. The average molecular weight is 2010 g/mol. The minimum absolute atomic E-state index is 0.0783. The molecule has 132 heavy (non-hydrogen) atoms. The third-order valence-electron chi connectivity index (χ3n) is 24.9. The van der Waals surface area contributed by atoms with Crippen LogP contribution in [0.3, 0.4) is 0 Å². The Labute approximate surface area is 806 Å². The molecule has 8 aliphatic carbocycles. The Morgan fingerprint density at radius 1 is 0.409 bits per heavy atom. The van der Waals surface area contributed by atoms with Crippen LogP contribution in [-0.4, -0.2) is 117 Å². The smallest absolute Gasteiger partial charge is 0.335 e. The van der Waals surface area contributed by atoms with Crippen molar-refractivity contribution < 1.29 is 78.3 Å². The first-order chi connectivity index (χ1) is 63.4. The molecule has 8 fully saturated rings. The quantitative estimate of drug-likeness (QED) is 0.0337. The van der Waals surface area contributed by atoms with Crippen molar-refractivity contribution in [3.05, 3.63) is 187 Å². The van der Waals surface area contributed by atoms with Crippen LogP contribution in [0.2, 0.25) is 30.1 Å². The highest BCUT2D eigenvalue weighted by Gasteiger charge is 2.42. The van der Waals surface area contributed by atoms with Gasteiger partial charge in [0.05, 0.1) is 132 Å². The second-order valence-electron chi connectivity index (χ2n) is 36.6. The van der Waals surface area contributed by atoms with E-state index in [4.69, 9.17) is 127 Å². The number of sulfonamides is 2. The average Bonchev–Trinajstić information content (AvgIpc) is 1.60. The van der Waals surface area contributed by atoms with Gasteiger partial charge in [0.15, 0.2) is 0 Å². The molecule has 6 heterocycles. The number of nitrogens with zero attached hydrogens (tertiary/aromatic N) is 6. The summed E-state index contributed by atoms with van der Waals surface area (Å²) in [7, 11) is -7.34. The molecule has 36 heteroatoms. The Bertz CT molecular complexity index is 6260. The Hall–Kier alpha value is -8.05. The van der Waals surface area contributed by atoms with Crippen molar-refractivity contribution in [2.75, 3.05) is 0 Å². The first-order valence-corrected chi connectivity index (χ1v) is 53.0. The first-order valence-electron chi connectivity index (χ1n) is 45.2. The number of rotatable bonds is 34. The van der Waals surface area contributed by atoms with Crippen molar-refractivity contribution in [3.8, 4) is 51.0 Å². The molecule has 0 saturated heterocycles. The second kappa shape index (κ2) is 39.9. The van der Waals surface area contributed by atoms with E-state index in [-0.39, 0.29) is 53.3 Å². The van der Waals surface area contributed by atoms with Crippen LogP contribution in [0, 0.1) is 17.8 Å². The second-order valence-corrected chi connectivity index (χ2v) is 46.3. The molecule has 6 aromatic heterocycles. The SMILES string of the molecule is CC(C)Oc1cc(C(=O)NS(=O)(=O)C2CC2)cc2sc(C[C@@H]3CCC(OCc4c(-c5c(Cl)cccc5Cl)noc4C4CC4)C3)nc12.CC(C)Oc1cc(C(=O)NS(=O)(=O)C2CC2)cc2sc(C[C@@H]3CCC(OCc4c(-c5c(Cl)cccc5Cl)noc4C4CC4)C3)nc12.CC(C)Oc1cc(C(=O)O)cc2sc(C[C@@H]3CCC(OCc4c(-c5c(Cl)cccc5Cl)noc4C4CC4)C3)nc12. The highest BCUT2D eigenvalue weighted by Crippen LogP contribution is 2.52. The fourth-order valence-electron chi connectivity index (χ4n) is 17.7. The molecule has 6 aromatic carbocycles. The van der Waals surface area contributed by atoms with Crippen LogP contribution in [0.1, 0.15) is 261 Å². The number of nitrogens with one attached hydrogen (secondary N) is 2. The highest BCUT2D eigenvalue weighted by atomic mass is 35.5. The summed E-state index contributed by atoms with van der Waals surface area (Å²) in [6.07, 6.45) is 19.7. The van der Waals surface area contributed by atoms with Crippen molar-refractivity contribution in [1.29, 1.82) is 0 Å². The number of carbonyl (C=O) groups is 3. The maximum atomic E-state index is 12.9. The maximum absolute atomic E-state index is 12.9. The zero-order valence-electron chi connectivity index (χ0n) is 73.4. The molecular weight excluding hydrogens is 1910 g/mol. The zero-order valence-corrected chi connectivity index (χ0v) is 82.0. The number of hydrogen-bond donors (Lipinski definition) is 3. The topological polar surface area (TPSA) is 336 Å². The van der Waals surface area contributed by atoms with Crippen LogP contribution in [0.4, 0.5) is 0 Å². The first kappa shape index (κ1) is 94.3. The molecule has 8 saturated carbocycles. The van der Waals surface area contributed by atoms with Crippen LogP contribution < -0.4 is 23.7 Å². The van der Waals surface area contributed by atoms with Gasteiger partial charge in [-0.3, -0.25) is 9.59 Å². The molecule has 12 aromatic rings. The molecule has 2 amide bonds. The van der Waals surface area contributed by atoms with Gasteiger partial charge in [-0.15, -0.1) is 34.0 Å². The Morgan fingerprint density at radius 3 is 0.955 bits per heavy atom. The van der Waals surface area contributed by atoms with Gasteiger partial charge in [-0.25, -0.2) is 46.0 Å². The predicted octanol–water partition coefficient (Wildman–Crippen LogP) is 24.7. The fourth-order valence-corrected chi connectivity index (χ4v) is 25.4. The Balaban J connectivity index is 0.000000133. The normalized spacial score (nSPS) is 19.8. The number of ether oxygens (including phenoxy) is 6. The van der Waals surface area contributed by atoms with Crippen LogP contribution in [-0.2, 0) is 73.3 Å². The molecule has 0 bridgehead atoms. The van der Waals surface area contributed by atoms with E-state index < -0.39 is 48.3 Å². The van der Waals surface area contributed by atoms with Gasteiger partial charge in [-0.05, 0) is 254 Å². The van der Waals surface area contributed by atoms with E-state index in [0.29, 0.717) is 173 Å². The number of fused-ring (bicyclic) bond motifs is 3. The summed E-state index contributed by atoms with van der Waals surface area (Å²) in [5.41, 5.74) is 9.61. The molecule has 8 aliphatic rings. The number of carbonyl (C=O) groups excluding carboxylic acids is 2. The number of carboxylic acids is 1. The summed E-state index contributed by atoms with van der Waals surface area (Å²) in [6.45, 7) is 12.6. The molecule has 698 valence electrons. The monoisotopic (exact) mass is 2010 g/mol. The van der Waals surface area contributed by atoms with E-state index >= 15 is 0 Å². The number of thiazole rings is 3. The van der Waals surface area contributed by atoms with Crippen molar-refractivity contribution in [3.63, 3.8) is 0 Å². The molecule has 0 spiro atoms. The summed E-state index contributed by atoms with van der Waals surface area (Å²) in [4.78, 5) is 52.2. The maximum Gasteiger partial charge on any atom is 0.335 e. The van der Waals surface area contributed by atoms with Gasteiger partial charge >= 0.3 is 5.97 Å². The highest BCUT2D eigenvalue weighted by molar-refractivity contribution is 7.91. The van der Waals surface area contributed by atoms with Crippen molar-refractivity contribution in [2.24, 2.45) is 17.8 Å². The molecular formula is C96H100Cl6N8O17S5. The van der Waals surface area contributed by atoms with E-state index in [1.165, 1.54) is 22.7 Å². The van der Waals surface area contributed by atoms with Crippen molar-refractivity contribution >= 4 is 172 Å². The van der Waals surface area contributed by atoms with Gasteiger partial charge in [0.25, 0.3) is 11.8 Å². The number of benzene rings is 6. The number of aromatic nitrogens is 6. The number of hydrogen-bond acceptors (Lipinski definition) is 25. The Morgan fingerprint density at radius 2 is 0.689 bits per heavy atom. The predicted molar refractivity (Wildman–Crippen MR) is 513 cm³/mol. The minimum atomic E-state index is -3.67. The third-order valence-corrected chi connectivity index (χ3v) is 33.5. The van der Waals surface area contributed by atoms with Crippen LogP contribution in [0.25, 0.3) is 64.4 Å². The lowest BCUT2D eigenvalue weighted by atomic mass is 10.0. The van der Waals surface area contributed by atoms with Crippen LogP contribution in [0.5, 0.6) is 17.2 Å². The van der Waals surface area contributed by atoms with E-state index in [1.807, 2.05) is 71.9 Å². The lowest BCUT2D eigenvalue weighted by Gasteiger charge is -2.13. The van der Waals surface area contributed by atoms with Gasteiger partial charge in [0.1, 0.15) is 68.2 Å². The largest absolute Gasteiger partial charge is 0.489 e. The molecule has 3 N–H and O–H groups in total. The van der Waals surface area contributed by atoms with E-state index in [2.05, 4.69) is 24.9 Å². The van der Waals surface area contributed by atoms with Crippen LogP contribution >= 0.6 is 104 Å². The summed E-state index contributed by atoms with van der Waals surface area (Å²) in [5.74, 6) is 4.12. The minimum Gasteiger partial charge on any atom is -0.489 e. The van der Waals surface area contributed by atoms with Crippen LogP contribution in [0.15, 0.2) is 105 Å². The number of halogens is 6. The Kier molecular flexibility index (Phi) is 28.5. The van der Waals surface area contributed by atoms with Gasteiger partial charge in [-0.2, -0.15) is 0 Å². The van der Waals surface area contributed by atoms with Gasteiger partial charge in [-0.1, -0.05) is 103 Å².